The zero-order valence-corrected chi connectivity index (χ0v) is 12.6. The Kier molecular flexibility index (Phi) is 4.03. The molecule has 0 unspecified atom stereocenters. The highest BCUT2D eigenvalue weighted by Gasteiger charge is 2.18. The van der Waals surface area contributed by atoms with Crippen LogP contribution in [-0.2, 0) is 10.0 Å². The van der Waals surface area contributed by atoms with E-state index in [-0.39, 0.29) is 10.6 Å². The Balaban J connectivity index is 2.37. The standard InChI is InChI=1S/C12H9BrClNO3S/c13-9-6-5-8(7-10(9)14)15-19(17,18)12-4-2-1-3-11(12)16/h1-7,15-16H. The van der Waals surface area contributed by atoms with E-state index in [0.717, 1.165) is 0 Å². The summed E-state index contributed by atoms with van der Waals surface area (Å²) in [5.74, 6) is -0.307. The van der Waals surface area contributed by atoms with Crippen molar-refractivity contribution in [3.8, 4) is 5.75 Å². The number of halogens is 2. The molecule has 0 amide bonds. The topological polar surface area (TPSA) is 66.4 Å². The van der Waals surface area contributed by atoms with Gasteiger partial charge in [-0.2, -0.15) is 0 Å². The molecular weight excluding hydrogens is 354 g/mol. The molecule has 0 aliphatic heterocycles. The lowest BCUT2D eigenvalue weighted by Crippen LogP contribution is -2.13. The average Bonchev–Trinajstić information content (AvgIpc) is 2.34. The number of rotatable bonds is 3. The van der Waals surface area contributed by atoms with Crippen molar-refractivity contribution in [3.63, 3.8) is 0 Å². The summed E-state index contributed by atoms with van der Waals surface area (Å²) in [6.45, 7) is 0. The highest BCUT2D eigenvalue weighted by Crippen LogP contribution is 2.28. The lowest BCUT2D eigenvalue weighted by Gasteiger charge is -2.10. The number of phenolic OH excluding ortho intramolecular Hbond substituents is 1. The number of nitrogens with one attached hydrogen (secondary N) is 1. The van der Waals surface area contributed by atoms with Gasteiger partial charge in [-0.25, -0.2) is 8.42 Å². The molecule has 0 radical (unpaired) electrons. The van der Waals surface area contributed by atoms with Crippen molar-refractivity contribution in [2.24, 2.45) is 0 Å². The van der Waals surface area contributed by atoms with E-state index in [9.17, 15) is 13.5 Å². The first-order chi connectivity index (χ1) is 8.90. The molecule has 0 bridgehead atoms. The molecule has 2 rings (SSSR count). The van der Waals surface area contributed by atoms with Gasteiger partial charge >= 0.3 is 0 Å². The van der Waals surface area contributed by atoms with Gasteiger partial charge in [-0.05, 0) is 46.3 Å². The van der Waals surface area contributed by atoms with Gasteiger partial charge in [0.1, 0.15) is 10.6 Å². The summed E-state index contributed by atoms with van der Waals surface area (Å²) in [4.78, 5) is -0.186. The van der Waals surface area contributed by atoms with Crippen LogP contribution in [0.4, 0.5) is 5.69 Å². The van der Waals surface area contributed by atoms with E-state index >= 15 is 0 Å². The lowest BCUT2D eigenvalue weighted by molar-refractivity contribution is 0.459. The maximum absolute atomic E-state index is 12.1. The second-order valence-corrected chi connectivity index (χ2v) is 6.61. The van der Waals surface area contributed by atoms with Gasteiger partial charge in [-0.15, -0.1) is 0 Å². The van der Waals surface area contributed by atoms with Crippen molar-refractivity contribution in [3.05, 3.63) is 52.0 Å². The van der Waals surface area contributed by atoms with Crippen LogP contribution in [0.25, 0.3) is 0 Å². The van der Waals surface area contributed by atoms with Gasteiger partial charge in [0.25, 0.3) is 10.0 Å². The Morgan fingerprint density at radius 1 is 1.16 bits per heavy atom. The minimum Gasteiger partial charge on any atom is -0.507 e. The van der Waals surface area contributed by atoms with Crippen molar-refractivity contribution >= 4 is 43.2 Å². The number of anilines is 1. The van der Waals surface area contributed by atoms with Gasteiger partial charge in [0.2, 0.25) is 0 Å². The number of para-hydroxylation sites is 1. The number of sulfonamides is 1. The lowest BCUT2D eigenvalue weighted by atomic mass is 10.3. The van der Waals surface area contributed by atoms with Crippen LogP contribution in [0, 0.1) is 0 Å². The molecule has 0 aromatic heterocycles. The first-order valence-electron chi connectivity index (χ1n) is 5.16. The number of phenols is 1. The third-order valence-electron chi connectivity index (χ3n) is 2.33. The Morgan fingerprint density at radius 3 is 2.47 bits per heavy atom. The van der Waals surface area contributed by atoms with E-state index < -0.39 is 10.0 Å². The van der Waals surface area contributed by atoms with E-state index in [1.54, 1.807) is 18.2 Å². The third kappa shape index (κ3) is 3.20. The van der Waals surface area contributed by atoms with Crippen LogP contribution in [0.15, 0.2) is 51.8 Å². The van der Waals surface area contributed by atoms with E-state index in [1.807, 2.05) is 0 Å². The van der Waals surface area contributed by atoms with Gasteiger partial charge in [0, 0.05) is 4.47 Å². The quantitative estimate of drug-likeness (QED) is 0.876. The van der Waals surface area contributed by atoms with Crippen LogP contribution in [0.5, 0.6) is 5.75 Å². The van der Waals surface area contributed by atoms with Crippen molar-refractivity contribution < 1.29 is 13.5 Å². The fraction of sp³-hybridized carbons (Fsp3) is 0. The molecule has 7 heteroatoms. The van der Waals surface area contributed by atoms with Gasteiger partial charge < -0.3 is 5.11 Å². The smallest absolute Gasteiger partial charge is 0.265 e. The summed E-state index contributed by atoms with van der Waals surface area (Å²) >= 11 is 9.11. The fourth-order valence-electron chi connectivity index (χ4n) is 1.45. The normalized spacial score (nSPS) is 11.3. The highest BCUT2D eigenvalue weighted by atomic mass is 79.9. The second-order valence-electron chi connectivity index (χ2n) is 3.70. The maximum atomic E-state index is 12.1. The molecule has 0 atom stereocenters. The summed E-state index contributed by atoms with van der Waals surface area (Å²) in [7, 11) is -3.85. The molecule has 0 heterocycles. The van der Waals surface area contributed by atoms with Crippen LogP contribution in [0.1, 0.15) is 0 Å². The van der Waals surface area contributed by atoms with Crippen LogP contribution in [0.3, 0.4) is 0 Å². The van der Waals surface area contributed by atoms with E-state index in [4.69, 9.17) is 11.6 Å². The largest absolute Gasteiger partial charge is 0.507 e. The van der Waals surface area contributed by atoms with Crippen molar-refractivity contribution in [2.75, 3.05) is 4.72 Å². The maximum Gasteiger partial charge on any atom is 0.265 e. The van der Waals surface area contributed by atoms with E-state index in [2.05, 4.69) is 20.7 Å². The highest BCUT2D eigenvalue weighted by molar-refractivity contribution is 9.10. The number of aromatic hydroxyl groups is 1. The molecule has 2 aromatic carbocycles. The monoisotopic (exact) mass is 361 g/mol. The minimum absolute atomic E-state index is 0.186. The Morgan fingerprint density at radius 2 is 1.84 bits per heavy atom. The second kappa shape index (κ2) is 5.40. The third-order valence-corrected chi connectivity index (χ3v) is 4.99. The Labute approximate surface area is 124 Å². The summed E-state index contributed by atoms with van der Waals surface area (Å²) in [5, 5.41) is 9.96. The molecule has 0 aliphatic carbocycles. The molecule has 0 aliphatic rings. The fourth-order valence-corrected chi connectivity index (χ4v) is 3.03. The minimum atomic E-state index is -3.85. The van der Waals surface area contributed by atoms with E-state index in [0.29, 0.717) is 15.2 Å². The van der Waals surface area contributed by atoms with Crippen molar-refractivity contribution in [1.29, 1.82) is 0 Å². The van der Waals surface area contributed by atoms with Crippen LogP contribution < -0.4 is 4.72 Å². The Hall–Kier alpha value is -1.24. The number of hydrogen-bond acceptors (Lipinski definition) is 3. The molecule has 100 valence electrons. The summed E-state index contributed by atoms with van der Waals surface area (Å²) in [6, 6.07) is 10.4. The number of benzene rings is 2. The zero-order valence-electron chi connectivity index (χ0n) is 9.47. The molecule has 4 nitrogen and oxygen atoms in total. The molecule has 0 saturated heterocycles. The van der Waals surface area contributed by atoms with Crippen molar-refractivity contribution in [2.45, 2.75) is 4.90 Å². The predicted octanol–water partition coefficient (Wildman–Crippen LogP) is 3.61. The molecule has 0 fully saturated rings. The van der Waals surface area contributed by atoms with Crippen LogP contribution in [0.2, 0.25) is 5.02 Å². The van der Waals surface area contributed by atoms with Crippen molar-refractivity contribution in [1.82, 2.24) is 0 Å². The predicted molar refractivity (Wildman–Crippen MR) is 78.1 cm³/mol. The SMILES string of the molecule is O=S(=O)(Nc1ccc(Br)c(Cl)c1)c1ccccc1O. The Bertz CT molecular complexity index is 719. The van der Waals surface area contributed by atoms with Crippen LogP contribution >= 0.6 is 27.5 Å². The van der Waals surface area contributed by atoms with E-state index in [1.165, 1.54) is 24.3 Å². The molecule has 0 spiro atoms. The van der Waals surface area contributed by atoms with Gasteiger partial charge in [0.05, 0.1) is 10.7 Å². The van der Waals surface area contributed by atoms with Gasteiger partial charge in [-0.3, -0.25) is 4.72 Å². The summed E-state index contributed by atoms with van der Waals surface area (Å²) < 4.78 is 27.2. The molecule has 2 N–H and O–H groups in total. The molecule has 0 saturated carbocycles. The first kappa shape index (κ1) is 14.2. The molecular formula is C12H9BrClNO3S. The molecule has 2 aromatic rings. The van der Waals surface area contributed by atoms with Gasteiger partial charge in [-0.1, -0.05) is 23.7 Å². The van der Waals surface area contributed by atoms with Gasteiger partial charge in [0.15, 0.2) is 0 Å². The average molecular weight is 363 g/mol. The summed E-state index contributed by atoms with van der Waals surface area (Å²) in [6.07, 6.45) is 0. The zero-order chi connectivity index (χ0) is 14.0. The summed E-state index contributed by atoms with van der Waals surface area (Å²) in [5.41, 5.74) is 0.316. The van der Waals surface area contributed by atoms with Crippen LogP contribution in [-0.4, -0.2) is 13.5 Å². The number of hydrogen-bond donors (Lipinski definition) is 2. The first-order valence-corrected chi connectivity index (χ1v) is 7.81. The molecule has 19 heavy (non-hydrogen) atoms.